The van der Waals surface area contributed by atoms with E-state index in [1.165, 1.54) is 109 Å². The number of hydrogen-bond donors (Lipinski definition) is 3. The molecule has 0 aromatic heterocycles. The summed E-state index contributed by atoms with van der Waals surface area (Å²) in [5, 5.41) is 18.7. The highest BCUT2D eigenvalue weighted by Gasteiger charge is 2.27. The molecule has 0 aromatic carbocycles. The van der Waals surface area contributed by atoms with Crippen LogP contribution in [0.15, 0.2) is 0 Å². The summed E-state index contributed by atoms with van der Waals surface area (Å²) < 4.78 is 31.8. The maximum atomic E-state index is 12.1. The van der Waals surface area contributed by atoms with Crippen LogP contribution in [0.2, 0.25) is 0 Å². The number of hydrogen-bond acceptors (Lipinski definition) is 9. The van der Waals surface area contributed by atoms with Gasteiger partial charge in [0, 0.05) is 12.8 Å². The Labute approximate surface area is 273 Å². The lowest BCUT2D eigenvalue weighted by Crippen LogP contribution is -2.28. The predicted molar refractivity (Wildman–Crippen MR) is 178 cm³/mol. The van der Waals surface area contributed by atoms with Gasteiger partial charge >= 0.3 is 19.8 Å². The Hall–Kier alpha value is -1.03. The van der Waals surface area contributed by atoms with Gasteiger partial charge in [-0.15, -0.1) is 0 Å². The van der Waals surface area contributed by atoms with Gasteiger partial charge in [0.1, 0.15) is 12.2 Å². The van der Waals surface area contributed by atoms with E-state index in [0.717, 1.165) is 19.3 Å². The van der Waals surface area contributed by atoms with Crippen LogP contribution in [0.3, 0.4) is 0 Å². The average molecular weight is 667 g/mol. The van der Waals surface area contributed by atoms with Crippen LogP contribution in [0.25, 0.3) is 0 Å². The van der Waals surface area contributed by atoms with Gasteiger partial charge in [-0.1, -0.05) is 142 Å². The van der Waals surface area contributed by atoms with Gasteiger partial charge < -0.3 is 24.6 Å². The number of phosphoric acid groups is 1. The monoisotopic (exact) mass is 666 g/mol. The number of rotatable bonds is 34. The second-order valence-electron chi connectivity index (χ2n) is 12.2. The summed E-state index contributed by atoms with van der Waals surface area (Å²) in [5.74, 6) is -1.07. The largest absolute Gasteiger partial charge is 0.472 e. The summed E-state index contributed by atoms with van der Waals surface area (Å²) in [5.41, 5.74) is 0. The highest BCUT2D eigenvalue weighted by atomic mass is 31.2. The molecule has 11 heteroatoms. The van der Waals surface area contributed by atoms with Crippen LogP contribution in [0.5, 0.6) is 0 Å². The topological polar surface area (TPSA) is 149 Å². The van der Waals surface area contributed by atoms with Crippen molar-refractivity contribution in [3.05, 3.63) is 0 Å². The van der Waals surface area contributed by atoms with Crippen LogP contribution < -0.4 is 0 Å². The van der Waals surface area contributed by atoms with E-state index in [2.05, 4.69) is 6.92 Å². The quantitative estimate of drug-likeness (QED) is 0.0348. The van der Waals surface area contributed by atoms with E-state index >= 15 is 0 Å². The lowest BCUT2D eigenvalue weighted by atomic mass is 10.0. The zero-order valence-corrected chi connectivity index (χ0v) is 29.5. The Morgan fingerprint density at radius 1 is 0.511 bits per heavy atom. The van der Waals surface area contributed by atoms with Crippen molar-refractivity contribution in [2.24, 2.45) is 0 Å². The van der Waals surface area contributed by atoms with Gasteiger partial charge in [-0.05, 0) is 12.8 Å². The molecular formula is C34H67O10P. The first-order chi connectivity index (χ1) is 21.8. The highest BCUT2D eigenvalue weighted by Crippen LogP contribution is 2.43. The van der Waals surface area contributed by atoms with Crippen molar-refractivity contribution in [3.63, 3.8) is 0 Å². The van der Waals surface area contributed by atoms with Crippen molar-refractivity contribution in [1.82, 2.24) is 0 Å². The molecule has 0 aliphatic heterocycles. The number of phosphoric ester groups is 1. The number of aliphatic hydroxyl groups is 2. The third-order valence-corrected chi connectivity index (χ3v) is 8.74. The van der Waals surface area contributed by atoms with Gasteiger partial charge in [0.15, 0.2) is 0 Å². The first-order valence-electron chi connectivity index (χ1n) is 18.0. The van der Waals surface area contributed by atoms with Crippen LogP contribution in [-0.2, 0) is 32.7 Å². The number of esters is 2. The smallest absolute Gasteiger partial charge is 0.457 e. The van der Waals surface area contributed by atoms with Gasteiger partial charge in [0.25, 0.3) is 0 Å². The molecule has 0 fully saturated rings. The summed E-state index contributed by atoms with van der Waals surface area (Å²) in [6, 6.07) is 0. The lowest BCUT2D eigenvalue weighted by Gasteiger charge is -2.20. The van der Waals surface area contributed by atoms with E-state index in [9.17, 15) is 29.3 Å². The molecule has 0 radical (unpaired) electrons. The Morgan fingerprint density at radius 3 is 1.13 bits per heavy atom. The van der Waals surface area contributed by atoms with Crippen molar-refractivity contribution in [2.45, 2.75) is 180 Å². The van der Waals surface area contributed by atoms with E-state index in [-0.39, 0.29) is 12.8 Å². The molecule has 0 heterocycles. The van der Waals surface area contributed by atoms with Crippen molar-refractivity contribution in [3.8, 4) is 0 Å². The minimum absolute atomic E-state index is 0.146. The van der Waals surface area contributed by atoms with Gasteiger partial charge in [0.2, 0.25) is 0 Å². The standard InChI is InChI=1S/C34H67O10P/c1-3-5-6-7-8-9-10-11-12-13-14-15-16-17-18-19-20-21-22-23-24-26-34(38)44-32(28-36)30-42-45(39,40)41-29-31(27-35)43-33(37)25-4-2/h31-32,35-36H,3-30H2,1-2H3,(H,39,40). The Bertz CT molecular complexity index is 736. The molecule has 0 aliphatic carbocycles. The van der Waals surface area contributed by atoms with Crippen LogP contribution in [0, 0.1) is 0 Å². The number of aliphatic hydroxyl groups excluding tert-OH is 2. The molecule has 0 amide bonds. The van der Waals surface area contributed by atoms with Crippen molar-refractivity contribution < 1.29 is 47.8 Å². The third kappa shape index (κ3) is 30.1. The molecule has 3 unspecified atom stereocenters. The molecule has 0 spiro atoms. The molecule has 0 aliphatic rings. The summed E-state index contributed by atoms with van der Waals surface area (Å²) in [7, 11) is -4.59. The van der Waals surface area contributed by atoms with Crippen molar-refractivity contribution >= 4 is 19.8 Å². The number of carbonyl (C=O) groups is 2. The Balaban J connectivity index is 3.69. The van der Waals surface area contributed by atoms with Gasteiger partial charge in [-0.25, -0.2) is 4.57 Å². The molecule has 268 valence electrons. The van der Waals surface area contributed by atoms with Crippen LogP contribution in [-0.4, -0.2) is 65.7 Å². The minimum Gasteiger partial charge on any atom is -0.457 e. The lowest BCUT2D eigenvalue weighted by molar-refractivity contribution is -0.153. The summed E-state index contributed by atoms with van der Waals surface area (Å²) in [6.45, 7) is 1.78. The first-order valence-corrected chi connectivity index (χ1v) is 19.5. The normalized spacial score (nSPS) is 14.2. The van der Waals surface area contributed by atoms with Gasteiger partial charge in [-0.3, -0.25) is 18.6 Å². The molecular weight excluding hydrogens is 599 g/mol. The number of unbranched alkanes of at least 4 members (excludes halogenated alkanes) is 20. The molecule has 3 N–H and O–H groups in total. The zero-order chi connectivity index (χ0) is 33.4. The molecule has 10 nitrogen and oxygen atoms in total. The average Bonchev–Trinajstić information content (AvgIpc) is 3.02. The molecule has 45 heavy (non-hydrogen) atoms. The summed E-state index contributed by atoms with van der Waals surface area (Å²) in [6.07, 6.45) is 25.7. The summed E-state index contributed by atoms with van der Waals surface area (Å²) in [4.78, 5) is 33.5. The molecule has 3 atom stereocenters. The van der Waals surface area contributed by atoms with Crippen molar-refractivity contribution in [1.29, 1.82) is 0 Å². The van der Waals surface area contributed by atoms with E-state index in [0.29, 0.717) is 12.8 Å². The fourth-order valence-electron chi connectivity index (χ4n) is 5.03. The van der Waals surface area contributed by atoms with Crippen LogP contribution in [0.1, 0.15) is 168 Å². The number of carbonyl (C=O) groups excluding carboxylic acids is 2. The van der Waals surface area contributed by atoms with E-state index in [1.807, 2.05) is 0 Å². The molecule has 0 aromatic rings. The van der Waals surface area contributed by atoms with Crippen molar-refractivity contribution in [2.75, 3.05) is 26.4 Å². The highest BCUT2D eigenvalue weighted by molar-refractivity contribution is 7.47. The second-order valence-corrected chi connectivity index (χ2v) is 13.7. The van der Waals surface area contributed by atoms with Crippen LogP contribution in [0.4, 0.5) is 0 Å². The molecule has 0 bridgehead atoms. The SMILES string of the molecule is CCCCCCCCCCCCCCCCCCCCCCCC(=O)OC(CO)COP(=O)(O)OCC(CO)OC(=O)CCC. The van der Waals surface area contributed by atoms with Gasteiger partial charge in [0.05, 0.1) is 26.4 Å². The third-order valence-electron chi connectivity index (χ3n) is 7.79. The summed E-state index contributed by atoms with van der Waals surface area (Å²) >= 11 is 0. The first kappa shape index (κ1) is 44.0. The van der Waals surface area contributed by atoms with E-state index < -0.39 is 58.4 Å². The zero-order valence-electron chi connectivity index (χ0n) is 28.6. The fraction of sp³-hybridized carbons (Fsp3) is 0.941. The Morgan fingerprint density at radius 2 is 0.822 bits per heavy atom. The molecule has 0 saturated carbocycles. The molecule has 0 rings (SSSR count). The van der Waals surface area contributed by atoms with E-state index in [1.54, 1.807) is 6.92 Å². The molecule has 0 saturated heterocycles. The van der Waals surface area contributed by atoms with Crippen LogP contribution >= 0.6 is 7.82 Å². The Kier molecular flexibility index (Phi) is 30.8. The number of ether oxygens (including phenoxy) is 2. The maximum absolute atomic E-state index is 12.1. The van der Waals surface area contributed by atoms with Gasteiger partial charge in [-0.2, -0.15) is 0 Å². The predicted octanol–water partition coefficient (Wildman–Crippen LogP) is 8.33. The van der Waals surface area contributed by atoms with E-state index in [4.69, 9.17) is 18.5 Å². The second kappa shape index (κ2) is 31.6. The fourth-order valence-corrected chi connectivity index (χ4v) is 5.82. The maximum Gasteiger partial charge on any atom is 0.472 e. The minimum atomic E-state index is -4.59.